The molecule has 0 unspecified atom stereocenters. The number of benzene rings is 2. The summed E-state index contributed by atoms with van der Waals surface area (Å²) in [5, 5.41) is 2.72. The van der Waals surface area contributed by atoms with Gasteiger partial charge in [-0.2, -0.15) is 0 Å². The van der Waals surface area contributed by atoms with Gasteiger partial charge in [0.1, 0.15) is 18.1 Å². The van der Waals surface area contributed by atoms with Crippen LogP contribution in [0.1, 0.15) is 25.3 Å². The zero-order valence-electron chi connectivity index (χ0n) is 15.2. The van der Waals surface area contributed by atoms with Crippen LogP contribution in [0.25, 0.3) is 0 Å². The van der Waals surface area contributed by atoms with Gasteiger partial charge in [0.2, 0.25) is 15.9 Å². The third-order valence-corrected chi connectivity index (χ3v) is 5.71. The van der Waals surface area contributed by atoms with Gasteiger partial charge in [-0.15, -0.1) is 0 Å². The summed E-state index contributed by atoms with van der Waals surface area (Å²) in [6.07, 6.45) is 0. The molecule has 1 amide bonds. The maximum atomic E-state index is 12.5. The van der Waals surface area contributed by atoms with Crippen LogP contribution in [-0.4, -0.2) is 34.1 Å². The Bertz CT molecular complexity index is 926. The number of amides is 1. The highest BCUT2D eigenvalue weighted by atomic mass is 32.2. The SMILES string of the molecule is CCOc1ccc(OCCNS(=O)(=O)c2ccc3c(c2)[C@H](C)C(=O)N3)cc1. The molecular formula is C19H22N2O5S. The van der Waals surface area contributed by atoms with E-state index in [1.165, 1.54) is 12.1 Å². The Morgan fingerprint density at radius 3 is 2.41 bits per heavy atom. The monoisotopic (exact) mass is 390 g/mol. The number of hydrogen-bond donors (Lipinski definition) is 2. The fraction of sp³-hybridized carbons (Fsp3) is 0.316. The lowest BCUT2D eigenvalue weighted by atomic mass is 10.0. The topological polar surface area (TPSA) is 93.7 Å². The lowest BCUT2D eigenvalue weighted by Gasteiger charge is -2.10. The van der Waals surface area contributed by atoms with E-state index >= 15 is 0 Å². The Balaban J connectivity index is 1.55. The van der Waals surface area contributed by atoms with Crippen molar-refractivity contribution in [2.45, 2.75) is 24.7 Å². The van der Waals surface area contributed by atoms with E-state index in [1.54, 1.807) is 37.3 Å². The van der Waals surface area contributed by atoms with E-state index in [-0.39, 0.29) is 29.9 Å². The minimum atomic E-state index is -3.68. The van der Waals surface area contributed by atoms with Crippen LogP contribution < -0.4 is 19.5 Å². The van der Waals surface area contributed by atoms with Crippen molar-refractivity contribution in [1.29, 1.82) is 0 Å². The van der Waals surface area contributed by atoms with E-state index in [2.05, 4.69) is 10.0 Å². The first kappa shape index (κ1) is 19.2. The first-order chi connectivity index (χ1) is 12.9. The molecule has 0 radical (unpaired) electrons. The second kappa shape index (κ2) is 7.98. The summed E-state index contributed by atoms with van der Waals surface area (Å²) in [4.78, 5) is 11.8. The minimum absolute atomic E-state index is 0.124. The van der Waals surface area contributed by atoms with Crippen molar-refractivity contribution in [3.63, 3.8) is 0 Å². The molecule has 2 aromatic rings. The van der Waals surface area contributed by atoms with E-state index < -0.39 is 10.0 Å². The number of ether oxygens (including phenoxy) is 2. The smallest absolute Gasteiger partial charge is 0.240 e. The Kier molecular flexibility index (Phi) is 5.67. The van der Waals surface area contributed by atoms with Gasteiger partial charge in [-0.3, -0.25) is 4.79 Å². The molecule has 1 atom stereocenters. The first-order valence-corrected chi connectivity index (χ1v) is 10.2. The summed E-state index contributed by atoms with van der Waals surface area (Å²) in [5.74, 6) is 0.896. The molecule has 3 rings (SSSR count). The van der Waals surface area contributed by atoms with Crippen LogP contribution in [-0.2, 0) is 14.8 Å². The average molecular weight is 390 g/mol. The van der Waals surface area contributed by atoms with Gasteiger partial charge in [0, 0.05) is 12.2 Å². The summed E-state index contributed by atoms with van der Waals surface area (Å²) < 4.78 is 38.3. The molecule has 8 heteroatoms. The second-order valence-electron chi connectivity index (χ2n) is 6.11. The predicted molar refractivity (Wildman–Crippen MR) is 102 cm³/mol. The Morgan fingerprint density at radius 2 is 1.74 bits per heavy atom. The number of nitrogens with one attached hydrogen (secondary N) is 2. The van der Waals surface area contributed by atoms with Crippen molar-refractivity contribution in [2.24, 2.45) is 0 Å². The third-order valence-electron chi connectivity index (χ3n) is 4.25. The van der Waals surface area contributed by atoms with Crippen LogP contribution in [0.5, 0.6) is 11.5 Å². The van der Waals surface area contributed by atoms with Gasteiger partial charge in [0.05, 0.1) is 17.4 Å². The highest BCUT2D eigenvalue weighted by Gasteiger charge is 2.28. The average Bonchev–Trinajstić information content (AvgIpc) is 2.94. The quantitative estimate of drug-likeness (QED) is 0.676. The van der Waals surface area contributed by atoms with Gasteiger partial charge in [-0.25, -0.2) is 13.1 Å². The van der Waals surface area contributed by atoms with Crippen LogP contribution in [0, 0.1) is 0 Å². The number of carbonyl (C=O) groups excluding carboxylic acids is 1. The molecule has 144 valence electrons. The number of anilines is 1. The zero-order chi connectivity index (χ0) is 19.4. The molecule has 0 aliphatic carbocycles. The Morgan fingerprint density at radius 1 is 1.07 bits per heavy atom. The van der Waals surface area contributed by atoms with Gasteiger partial charge in [-0.1, -0.05) is 0 Å². The molecule has 2 aromatic carbocycles. The number of hydrogen-bond acceptors (Lipinski definition) is 5. The van der Waals surface area contributed by atoms with Crippen LogP contribution in [0.4, 0.5) is 5.69 Å². The van der Waals surface area contributed by atoms with Crippen molar-refractivity contribution in [2.75, 3.05) is 25.1 Å². The van der Waals surface area contributed by atoms with Gasteiger partial charge >= 0.3 is 0 Å². The fourth-order valence-electron chi connectivity index (χ4n) is 2.79. The lowest BCUT2D eigenvalue weighted by molar-refractivity contribution is -0.116. The van der Waals surface area contributed by atoms with Gasteiger partial charge < -0.3 is 14.8 Å². The molecule has 0 saturated carbocycles. The maximum absolute atomic E-state index is 12.5. The second-order valence-corrected chi connectivity index (χ2v) is 7.88. The van der Waals surface area contributed by atoms with Crippen molar-refractivity contribution in [3.8, 4) is 11.5 Å². The third kappa shape index (κ3) is 4.40. The van der Waals surface area contributed by atoms with Crippen LogP contribution >= 0.6 is 0 Å². The van der Waals surface area contributed by atoms with Crippen molar-refractivity contribution < 1.29 is 22.7 Å². The molecule has 0 aromatic heterocycles. The first-order valence-electron chi connectivity index (χ1n) is 8.71. The van der Waals surface area contributed by atoms with E-state index in [4.69, 9.17) is 9.47 Å². The Hall–Kier alpha value is -2.58. The predicted octanol–water partition coefficient (Wildman–Crippen LogP) is 2.50. The van der Waals surface area contributed by atoms with E-state index in [9.17, 15) is 13.2 Å². The lowest BCUT2D eigenvalue weighted by Crippen LogP contribution is -2.28. The molecule has 0 fully saturated rings. The van der Waals surface area contributed by atoms with Crippen molar-refractivity contribution >= 4 is 21.6 Å². The molecule has 7 nitrogen and oxygen atoms in total. The number of sulfonamides is 1. The van der Waals surface area contributed by atoms with Gasteiger partial charge in [-0.05, 0) is 61.9 Å². The highest BCUT2D eigenvalue weighted by Crippen LogP contribution is 2.33. The fourth-order valence-corrected chi connectivity index (χ4v) is 3.84. The molecule has 0 spiro atoms. The zero-order valence-corrected chi connectivity index (χ0v) is 16.0. The van der Waals surface area contributed by atoms with Crippen molar-refractivity contribution in [3.05, 3.63) is 48.0 Å². The van der Waals surface area contributed by atoms with Crippen molar-refractivity contribution in [1.82, 2.24) is 4.72 Å². The molecule has 1 heterocycles. The van der Waals surface area contributed by atoms with Crippen LogP contribution in [0.3, 0.4) is 0 Å². The highest BCUT2D eigenvalue weighted by molar-refractivity contribution is 7.89. The summed E-state index contributed by atoms with van der Waals surface area (Å²) in [7, 11) is -3.68. The number of carbonyl (C=O) groups is 1. The minimum Gasteiger partial charge on any atom is -0.494 e. The molecule has 1 aliphatic heterocycles. The molecule has 2 N–H and O–H groups in total. The molecule has 0 bridgehead atoms. The largest absolute Gasteiger partial charge is 0.494 e. The van der Waals surface area contributed by atoms with E-state index in [1.807, 2.05) is 6.92 Å². The molecule has 1 aliphatic rings. The summed E-state index contributed by atoms with van der Waals surface area (Å²) >= 11 is 0. The number of rotatable bonds is 8. The maximum Gasteiger partial charge on any atom is 0.240 e. The molecule has 27 heavy (non-hydrogen) atoms. The van der Waals surface area contributed by atoms with Crippen LogP contribution in [0.15, 0.2) is 47.4 Å². The van der Waals surface area contributed by atoms with E-state index in [0.29, 0.717) is 23.6 Å². The molecular weight excluding hydrogens is 368 g/mol. The summed E-state index contributed by atoms with van der Waals surface area (Å²) in [6.45, 7) is 4.56. The van der Waals surface area contributed by atoms with E-state index in [0.717, 1.165) is 5.75 Å². The number of fused-ring (bicyclic) bond motifs is 1. The Labute approximate surface area is 158 Å². The van der Waals surface area contributed by atoms with Gasteiger partial charge in [0.25, 0.3) is 0 Å². The normalized spacial score (nSPS) is 15.9. The summed E-state index contributed by atoms with van der Waals surface area (Å²) in [5.41, 5.74) is 1.35. The van der Waals surface area contributed by atoms with Crippen LogP contribution in [0.2, 0.25) is 0 Å². The molecule has 0 saturated heterocycles. The van der Waals surface area contributed by atoms with Gasteiger partial charge in [0.15, 0.2) is 0 Å². The standard InChI is InChI=1S/C19H22N2O5S/c1-3-25-14-4-6-15(7-5-14)26-11-10-20-27(23,24)16-8-9-18-17(12-16)13(2)19(22)21-18/h4-9,12-13,20H,3,10-11H2,1-2H3,(H,21,22)/t13-/m0/s1. The summed E-state index contributed by atoms with van der Waals surface area (Å²) in [6, 6.07) is 11.8.